The van der Waals surface area contributed by atoms with E-state index in [0.717, 1.165) is 32.8 Å². The number of ether oxygens (including phenoxy) is 1. The first-order valence-corrected chi connectivity index (χ1v) is 7.42. The number of halogens is 2. The van der Waals surface area contributed by atoms with Gasteiger partial charge in [0.25, 0.3) is 0 Å². The minimum atomic E-state index is -0.199. The molecule has 112 valence electrons. The van der Waals surface area contributed by atoms with Gasteiger partial charge in [-0.25, -0.2) is 4.39 Å². The van der Waals surface area contributed by atoms with Crippen LogP contribution in [0, 0.1) is 11.7 Å². The van der Waals surface area contributed by atoms with E-state index in [4.69, 9.17) is 16.3 Å². The zero-order valence-electron chi connectivity index (χ0n) is 11.9. The number of benzene rings is 1. The van der Waals surface area contributed by atoms with E-state index in [1.807, 2.05) is 0 Å². The van der Waals surface area contributed by atoms with Gasteiger partial charge in [0.15, 0.2) is 0 Å². The standard InChI is InChI=1S/C15H22ClFN2O/c1-20-7-6-19-5-4-12(11-19)9-18-10-13-8-14(16)2-3-15(13)17/h2-3,8,12,18H,4-7,9-11H2,1H3. The third-order valence-electron chi connectivity index (χ3n) is 3.74. The summed E-state index contributed by atoms with van der Waals surface area (Å²) in [5, 5.41) is 3.91. The summed E-state index contributed by atoms with van der Waals surface area (Å²) in [7, 11) is 1.73. The van der Waals surface area contributed by atoms with Crippen molar-refractivity contribution in [3.05, 3.63) is 34.6 Å². The quantitative estimate of drug-likeness (QED) is 0.837. The van der Waals surface area contributed by atoms with E-state index < -0.39 is 0 Å². The molecule has 1 aliphatic rings. The van der Waals surface area contributed by atoms with E-state index in [0.29, 0.717) is 23.0 Å². The van der Waals surface area contributed by atoms with Gasteiger partial charge in [-0.2, -0.15) is 0 Å². The van der Waals surface area contributed by atoms with E-state index in [1.54, 1.807) is 19.2 Å². The maximum atomic E-state index is 13.6. The van der Waals surface area contributed by atoms with Crippen molar-refractivity contribution >= 4 is 11.6 Å². The molecule has 0 amide bonds. The summed E-state index contributed by atoms with van der Waals surface area (Å²) in [6.07, 6.45) is 1.19. The Balaban J connectivity index is 1.70. The first-order valence-electron chi connectivity index (χ1n) is 7.05. The van der Waals surface area contributed by atoms with E-state index in [1.165, 1.54) is 12.5 Å². The summed E-state index contributed by atoms with van der Waals surface area (Å²) < 4.78 is 18.6. The average Bonchev–Trinajstić information content (AvgIpc) is 2.88. The molecule has 1 aromatic carbocycles. The van der Waals surface area contributed by atoms with Crippen LogP contribution in [0.3, 0.4) is 0 Å². The molecule has 1 aliphatic heterocycles. The molecule has 3 nitrogen and oxygen atoms in total. The SMILES string of the molecule is COCCN1CCC(CNCc2cc(Cl)ccc2F)C1. The molecule has 1 saturated heterocycles. The molecular formula is C15H22ClFN2O. The van der Waals surface area contributed by atoms with Gasteiger partial charge in [-0.1, -0.05) is 11.6 Å². The monoisotopic (exact) mass is 300 g/mol. The minimum absolute atomic E-state index is 0.199. The molecule has 0 radical (unpaired) electrons. The molecule has 20 heavy (non-hydrogen) atoms. The Morgan fingerprint density at radius 3 is 3.15 bits per heavy atom. The molecule has 1 unspecified atom stereocenters. The molecule has 0 spiro atoms. The molecule has 0 bridgehead atoms. The maximum absolute atomic E-state index is 13.6. The molecule has 1 fully saturated rings. The number of nitrogens with zero attached hydrogens (tertiary/aromatic N) is 1. The maximum Gasteiger partial charge on any atom is 0.127 e. The van der Waals surface area contributed by atoms with Gasteiger partial charge in [-0.3, -0.25) is 0 Å². The number of hydrogen-bond donors (Lipinski definition) is 1. The minimum Gasteiger partial charge on any atom is -0.383 e. The molecule has 2 rings (SSSR count). The number of methoxy groups -OCH3 is 1. The molecular weight excluding hydrogens is 279 g/mol. The van der Waals surface area contributed by atoms with Crippen molar-refractivity contribution in [3.8, 4) is 0 Å². The molecule has 1 atom stereocenters. The molecule has 0 saturated carbocycles. The Morgan fingerprint density at radius 2 is 2.35 bits per heavy atom. The average molecular weight is 301 g/mol. The fourth-order valence-corrected chi connectivity index (χ4v) is 2.79. The van der Waals surface area contributed by atoms with Gasteiger partial charge in [-0.15, -0.1) is 0 Å². The van der Waals surface area contributed by atoms with Gasteiger partial charge in [-0.05, 0) is 43.6 Å². The van der Waals surface area contributed by atoms with Gasteiger partial charge in [0.2, 0.25) is 0 Å². The van der Waals surface area contributed by atoms with Crippen LogP contribution in [0.2, 0.25) is 5.02 Å². The summed E-state index contributed by atoms with van der Waals surface area (Å²) in [5.74, 6) is 0.434. The lowest BCUT2D eigenvalue weighted by Crippen LogP contribution is -2.28. The first-order chi connectivity index (χ1) is 9.69. The summed E-state index contributed by atoms with van der Waals surface area (Å²) in [5.41, 5.74) is 0.631. The molecule has 1 aromatic rings. The summed E-state index contributed by atoms with van der Waals surface area (Å²) in [6.45, 7) is 5.44. The van der Waals surface area contributed by atoms with Crippen LogP contribution in [0.1, 0.15) is 12.0 Å². The van der Waals surface area contributed by atoms with Gasteiger partial charge in [0.05, 0.1) is 6.61 Å². The topological polar surface area (TPSA) is 24.5 Å². The molecule has 5 heteroatoms. The van der Waals surface area contributed by atoms with Crippen LogP contribution < -0.4 is 5.32 Å². The van der Waals surface area contributed by atoms with Crippen molar-refractivity contribution in [1.29, 1.82) is 0 Å². The Hall–Kier alpha value is -0.680. The summed E-state index contributed by atoms with van der Waals surface area (Å²) >= 11 is 5.88. The lowest BCUT2D eigenvalue weighted by atomic mass is 10.1. The van der Waals surface area contributed by atoms with Crippen LogP contribution in [0.25, 0.3) is 0 Å². The predicted octanol–water partition coefficient (Wildman–Crippen LogP) is 2.54. The fourth-order valence-electron chi connectivity index (χ4n) is 2.59. The normalized spacial score (nSPS) is 19.6. The molecule has 0 aliphatic carbocycles. The second-order valence-electron chi connectivity index (χ2n) is 5.31. The highest BCUT2D eigenvalue weighted by Gasteiger charge is 2.21. The van der Waals surface area contributed by atoms with E-state index in [9.17, 15) is 4.39 Å². The van der Waals surface area contributed by atoms with E-state index in [-0.39, 0.29) is 5.82 Å². The molecule has 0 aromatic heterocycles. The van der Waals surface area contributed by atoms with Crippen molar-refractivity contribution < 1.29 is 9.13 Å². The third kappa shape index (κ3) is 4.70. The van der Waals surface area contributed by atoms with Crippen LogP contribution in [-0.4, -0.2) is 44.8 Å². The van der Waals surface area contributed by atoms with Crippen LogP contribution in [-0.2, 0) is 11.3 Å². The highest BCUT2D eigenvalue weighted by atomic mass is 35.5. The second kappa shape index (κ2) is 7.93. The van der Waals surface area contributed by atoms with Gasteiger partial charge in [0.1, 0.15) is 5.82 Å². The number of likely N-dealkylation sites (tertiary alicyclic amines) is 1. The van der Waals surface area contributed by atoms with Crippen molar-refractivity contribution in [2.45, 2.75) is 13.0 Å². The van der Waals surface area contributed by atoms with Crippen LogP contribution in [0.15, 0.2) is 18.2 Å². The number of hydrogen-bond acceptors (Lipinski definition) is 3. The zero-order chi connectivity index (χ0) is 14.4. The van der Waals surface area contributed by atoms with Crippen LogP contribution in [0.5, 0.6) is 0 Å². The van der Waals surface area contributed by atoms with Crippen LogP contribution >= 0.6 is 11.6 Å². The molecule has 1 N–H and O–H groups in total. The first kappa shape index (κ1) is 15.7. The largest absolute Gasteiger partial charge is 0.383 e. The number of nitrogens with one attached hydrogen (secondary N) is 1. The van der Waals surface area contributed by atoms with Gasteiger partial charge >= 0.3 is 0 Å². The Bertz CT molecular complexity index is 430. The van der Waals surface area contributed by atoms with Crippen molar-refractivity contribution in [2.24, 2.45) is 5.92 Å². The van der Waals surface area contributed by atoms with Gasteiger partial charge in [0, 0.05) is 37.3 Å². The van der Waals surface area contributed by atoms with E-state index >= 15 is 0 Å². The van der Waals surface area contributed by atoms with Crippen molar-refractivity contribution in [2.75, 3.05) is 39.9 Å². The Kier molecular flexibility index (Phi) is 6.23. The summed E-state index contributed by atoms with van der Waals surface area (Å²) in [4.78, 5) is 2.41. The van der Waals surface area contributed by atoms with E-state index in [2.05, 4.69) is 10.2 Å². The Morgan fingerprint density at radius 1 is 1.50 bits per heavy atom. The smallest absolute Gasteiger partial charge is 0.127 e. The lowest BCUT2D eigenvalue weighted by Gasteiger charge is -2.15. The zero-order valence-corrected chi connectivity index (χ0v) is 12.6. The highest BCUT2D eigenvalue weighted by molar-refractivity contribution is 6.30. The lowest BCUT2D eigenvalue weighted by molar-refractivity contribution is 0.159. The number of rotatable bonds is 7. The third-order valence-corrected chi connectivity index (χ3v) is 3.97. The second-order valence-corrected chi connectivity index (χ2v) is 5.75. The predicted molar refractivity (Wildman–Crippen MR) is 79.5 cm³/mol. The summed E-state index contributed by atoms with van der Waals surface area (Å²) in [6, 6.07) is 4.68. The van der Waals surface area contributed by atoms with Gasteiger partial charge < -0.3 is 15.0 Å². The Labute approximate surface area is 125 Å². The van der Waals surface area contributed by atoms with Crippen molar-refractivity contribution in [3.63, 3.8) is 0 Å². The van der Waals surface area contributed by atoms with Crippen molar-refractivity contribution in [1.82, 2.24) is 10.2 Å². The highest BCUT2D eigenvalue weighted by Crippen LogP contribution is 2.17. The molecule has 1 heterocycles. The fraction of sp³-hybridized carbons (Fsp3) is 0.600. The van der Waals surface area contributed by atoms with Crippen LogP contribution in [0.4, 0.5) is 4.39 Å².